The third-order valence-corrected chi connectivity index (χ3v) is 6.13. The minimum Gasteiger partial charge on any atom is -0.494 e. The molecule has 0 spiro atoms. The SMILES string of the molecule is COc1c(CNC2CC2)cc(C(F)(F)F)cc1NC(=O)c1ccc(C)c(N(N)/C=C(\N)c2cccnc2)c1. The summed E-state index contributed by atoms with van der Waals surface area (Å²) in [6, 6.07) is 10.5. The molecule has 1 amide bonds. The number of aromatic nitrogens is 1. The van der Waals surface area contributed by atoms with Crippen LogP contribution in [-0.4, -0.2) is 24.0 Å². The lowest BCUT2D eigenvalue weighted by atomic mass is 10.1. The Morgan fingerprint density at radius 3 is 2.61 bits per heavy atom. The van der Waals surface area contributed by atoms with Gasteiger partial charge in [-0.1, -0.05) is 6.07 Å². The smallest absolute Gasteiger partial charge is 0.416 e. The maximum absolute atomic E-state index is 13.7. The van der Waals surface area contributed by atoms with Crippen LogP contribution in [0.25, 0.3) is 5.70 Å². The van der Waals surface area contributed by atoms with E-state index in [-0.39, 0.29) is 29.6 Å². The minimum absolute atomic E-state index is 0.0765. The number of halogens is 3. The number of anilines is 2. The number of alkyl halides is 3. The van der Waals surface area contributed by atoms with Gasteiger partial charge < -0.3 is 21.1 Å². The average molecular weight is 527 g/mol. The van der Waals surface area contributed by atoms with Crippen LogP contribution in [0.15, 0.2) is 61.1 Å². The molecular weight excluding hydrogens is 497 g/mol. The number of nitrogens with one attached hydrogen (secondary N) is 2. The Kier molecular flexibility index (Phi) is 7.88. The summed E-state index contributed by atoms with van der Waals surface area (Å²) in [5, 5.41) is 7.06. The van der Waals surface area contributed by atoms with Gasteiger partial charge in [-0.05, 0) is 61.7 Å². The molecule has 1 aliphatic rings. The minimum atomic E-state index is -4.60. The molecule has 8 nitrogen and oxygen atoms in total. The highest BCUT2D eigenvalue weighted by Gasteiger charge is 2.33. The Morgan fingerprint density at radius 2 is 1.97 bits per heavy atom. The number of carbonyl (C=O) groups excluding carboxylic acids is 1. The number of ether oxygens (including phenoxy) is 1. The summed E-state index contributed by atoms with van der Waals surface area (Å²) in [6.07, 6.45) is 2.06. The van der Waals surface area contributed by atoms with Crippen LogP contribution in [0.3, 0.4) is 0 Å². The van der Waals surface area contributed by atoms with E-state index in [0.29, 0.717) is 22.5 Å². The van der Waals surface area contributed by atoms with Crippen molar-refractivity contribution in [3.63, 3.8) is 0 Å². The Balaban J connectivity index is 1.62. The molecule has 6 N–H and O–H groups in total. The summed E-state index contributed by atoms with van der Waals surface area (Å²) in [5.74, 6) is 5.77. The van der Waals surface area contributed by atoms with Crippen LogP contribution < -0.4 is 32.0 Å². The topological polar surface area (TPSA) is 119 Å². The zero-order chi connectivity index (χ0) is 27.4. The van der Waals surface area contributed by atoms with Crippen LogP contribution in [0.5, 0.6) is 5.75 Å². The lowest BCUT2D eigenvalue weighted by Crippen LogP contribution is -2.27. The van der Waals surface area contributed by atoms with Crippen molar-refractivity contribution >= 4 is 23.0 Å². The number of hydrazine groups is 1. The van der Waals surface area contributed by atoms with Gasteiger partial charge in [0.05, 0.1) is 29.7 Å². The van der Waals surface area contributed by atoms with E-state index in [1.807, 2.05) is 0 Å². The van der Waals surface area contributed by atoms with Gasteiger partial charge >= 0.3 is 6.18 Å². The molecule has 0 aliphatic heterocycles. The predicted octanol–water partition coefficient (Wildman–Crippen LogP) is 4.56. The molecule has 0 atom stereocenters. The Morgan fingerprint density at radius 1 is 1.21 bits per heavy atom. The molecule has 3 aromatic rings. The number of nitrogens with two attached hydrogens (primary N) is 2. The van der Waals surface area contributed by atoms with E-state index in [1.54, 1.807) is 43.6 Å². The molecule has 1 saturated carbocycles. The highest BCUT2D eigenvalue weighted by Crippen LogP contribution is 2.38. The van der Waals surface area contributed by atoms with Gasteiger partial charge in [-0.25, -0.2) is 5.84 Å². The van der Waals surface area contributed by atoms with Crippen molar-refractivity contribution < 1.29 is 22.7 Å². The lowest BCUT2D eigenvalue weighted by molar-refractivity contribution is -0.137. The van der Waals surface area contributed by atoms with E-state index in [0.717, 1.165) is 30.5 Å². The molecule has 1 aliphatic carbocycles. The number of methoxy groups -OCH3 is 1. The van der Waals surface area contributed by atoms with Crippen molar-refractivity contribution in [2.24, 2.45) is 11.6 Å². The molecule has 2 aromatic carbocycles. The van der Waals surface area contributed by atoms with Crippen molar-refractivity contribution in [2.75, 3.05) is 17.4 Å². The standard InChI is InChI=1S/C27H29F3N6O2/c1-16-5-6-17(11-24(16)36(32)15-22(31)18-4-3-9-33-13-18)26(37)35-23-12-20(27(28,29)30)10-19(25(23)38-2)14-34-21-7-8-21/h3-6,9-13,15,21,34H,7-8,14,31-32H2,1-2H3,(H,35,37)/b22-15-. The third-order valence-electron chi connectivity index (χ3n) is 6.13. The molecule has 0 bridgehead atoms. The number of rotatable bonds is 9. The zero-order valence-corrected chi connectivity index (χ0v) is 21.0. The van der Waals surface area contributed by atoms with E-state index in [4.69, 9.17) is 16.3 Å². The molecule has 38 heavy (non-hydrogen) atoms. The first-order valence-electron chi connectivity index (χ1n) is 11.9. The molecule has 0 saturated heterocycles. The Hall–Kier alpha value is -4.09. The van der Waals surface area contributed by atoms with Gasteiger partial charge in [0.15, 0.2) is 0 Å². The number of carbonyl (C=O) groups is 1. The summed E-state index contributed by atoms with van der Waals surface area (Å²) in [7, 11) is 1.36. The van der Waals surface area contributed by atoms with Gasteiger partial charge in [0, 0.05) is 47.9 Å². The third kappa shape index (κ3) is 6.42. The zero-order valence-electron chi connectivity index (χ0n) is 21.0. The van der Waals surface area contributed by atoms with Crippen LogP contribution in [0, 0.1) is 6.92 Å². The molecule has 0 radical (unpaired) electrons. The maximum Gasteiger partial charge on any atom is 0.416 e. The van der Waals surface area contributed by atoms with Gasteiger partial charge in [0.1, 0.15) is 5.75 Å². The number of amides is 1. The molecule has 1 aromatic heterocycles. The molecule has 200 valence electrons. The predicted molar refractivity (Wildman–Crippen MR) is 140 cm³/mol. The average Bonchev–Trinajstić information content (AvgIpc) is 3.72. The number of pyridine rings is 1. The first-order chi connectivity index (χ1) is 18.1. The van der Waals surface area contributed by atoms with E-state index in [1.165, 1.54) is 24.4 Å². The number of benzene rings is 2. The van der Waals surface area contributed by atoms with Crippen molar-refractivity contribution in [1.82, 2.24) is 10.3 Å². The van der Waals surface area contributed by atoms with Gasteiger partial charge in [0.25, 0.3) is 5.91 Å². The van der Waals surface area contributed by atoms with Gasteiger partial charge in [-0.15, -0.1) is 0 Å². The highest BCUT2D eigenvalue weighted by atomic mass is 19.4. The van der Waals surface area contributed by atoms with Gasteiger partial charge in [0.2, 0.25) is 0 Å². The second-order valence-corrected chi connectivity index (χ2v) is 9.06. The number of hydrogen-bond acceptors (Lipinski definition) is 7. The largest absolute Gasteiger partial charge is 0.494 e. The number of nitrogens with zero attached hydrogens (tertiary/aromatic N) is 2. The summed E-state index contributed by atoms with van der Waals surface area (Å²) in [5.41, 5.74) is 7.93. The van der Waals surface area contributed by atoms with Gasteiger partial charge in [-0.3, -0.25) is 14.8 Å². The molecule has 1 fully saturated rings. The van der Waals surface area contributed by atoms with E-state index in [2.05, 4.69) is 15.6 Å². The quantitative estimate of drug-likeness (QED) is 0.238. The monoisotopic (exact) mass is 526 g/mol. The van der Waals surface area contributed by atoms with Crippen LogP contribution in [0.2, 0.25) is 0 Å². The van der Waals surface area contributed by atoms with Crippen LogP contribution in [0.1, 0.15) is 45.5 Å². The van der Waals surface area contributed by atoms with E-state index >= 15 is 0 Å². The van der Waals surface area contributed by atoms with Crippen LogP contribution in [-0.2, 0) is 12.7 Å². The summed E-state index contributed by atoms with van der Waals surface area (Å²) < 4.78 is 46.4. The fourth-order valence-corrected chi connectivity index (χ4v) is 3.91. The normalized spacial score (nSPS) is 13.8. The molecule has 4 rings (SSSR count). The van der Waals surface area contributed by atoms with Crippen LogP contribution in [0.4, 0.5) is 24.5 Å². The summed E-state index contributed by atoms with van der Waals surface area (Å²) in [6.45, 7) is 1.99. The molecular formula is C27H29F3N6O2. The second kappa shape index (κ2) is 11.1. The van der Waals surface area contributed by atoms with Crippen LogP contribution >= 0.6 is 0 Å². The van der Waals surface area contributed by atoms with E-state index in [9.17, 15) is 18.0 Å². The fourth-order valence-electron chi connectivity index (χ4n) is 3.91. The van der Waals surface area contributed by atoms with Crippen molar-refractivity contribution in [3.8, 4) is 5.75 Å². The molecule has 0 unspecified atom stereocenters. The number of hydrogen-bond donors (Lipinski definition) is 4. The van der Waals surface area contributed by atoms with Crippen molar-refractivity contribution in [3.05, 3.63) is 88.9 Å². The second-order valence-electron chi connectivity index (χ2n) is 9.06. The summed E-state index contributed by atoms with van der Waals surface area (Å²) >= 11 is 0. The molecule has 1 heterocycles. The van der Waals surface area contributed by atoms with Gasteiger partial charge in [-0.2, -0.15) is 13.2 Å². The van der Waals surface area contributed by atoms with Crippen molar-refractivity contribution in [2.45, 2.75) is 38.5 Å². The fraction of sp³-hybridized carbons (Fsp3) is 0.259. The number of aryl methyl sites for hydroxylation is 1. The summed E-state index contributed by atoms with van der Waals surface area (Å²) in [4.78, 5) is 17.2. The Bertz CT molecular complexity index is 1340. The lowest BCUT2D eigenvalue weighted by Gasteiger charge is -2.20. The maximum atomic E-state index is 13.7. The molecule has 11 heteroatoms. The highest BCUT2D eigenvalue weighted by molar-refractivity contribution is 6.06. The Labute approximate surface area is 218 Å². The van der Waals surface area contributed by atoms with E-state index < -0.39 is 17.6 Å². The first kappa shape index (κ1) is 27.0. The van der Waals surface area contributed by atoms with Crippen molar-refractivity contribution in [1.29, 1.82) is 0 Å². The first-order valence-corrected chi connectivity index (χ1v) is 11.9.